The summed E-state index contributed by atoms with van der Waals surface area (Å²) in [6.45, 7) is 8.82. The highest BCUT2D eigenvalue weighted by Gasteiger charge is 2.33. The lowest BCUT2D eigenvalue weighted by Gasteiger charge is -2.30. The van der Waals surface area contributed by atoms with Crippen molar-refractivity contribution in [2.75, 3.05) is 13.7 Å². The molecule has 0 radical (unpaired) electrons. The Kier molecular flexibility index (Phi) is 6.32. The van der Waals surface area contributed by atoms with Crippen LogP contribution in [0.5, 0.6) is 0 Å². The summed E-state index contributed by atoms with van der Waals surface area (Å²) in [7, 11) is 1.80. The molecule has 4 unspecified atom stereocenters. The molecule has 1 saturated heterocycles. The van der Waals surface area contributed by atoms with Gasteiger partial charge in [-0.2, -0.15) is 0 Å². The Morgan fingerprint density at radius 3 is 2.65 bits per heavy atom. The largest absolute Gasteiger partial charge is 0.444 e. The number of ether oxygens (including phenoxy) is 2. The lowest BCUT2D eigenvalue weighted by molar-refractivity contribution is 0.0214. The van der Waals surface area contributed by atoms with Crippen molar-refractivity contribution in [2.24, 2.45) is 0 Å². The van der Waals surface area contributed by atoms with Crippen molar-refractivity contribution in [3.05, 3.63) is 0 Å². The third kappa shape index (κ3) is 5.64. The van der Waals surface area contributed by atoms with Gasteiger partial charge in [0.15, 0.2) is 0 Å². The number of carbonyl (C=O) groups excluding carboxylic acids is 1. The van der Waals surface area contributed by atoms with Crippen LogP contribution in [0.3, 0.4) is 0 Å². The Balaban J connectivity index is 1.80. The van der Waals surface area contributed by atoms with Crippen LogP contribution >= 0.6 is 0 Å². The van der Waals surface area contributed by atoms with Crippen molar-refractivity contribution < 1.29 is 14.3 Å². The second-order valence-electron chi connectivity index (χ2n) is 8.14. The summed E-state index contributed by atoms with van der Waals surface area (Å²) in [5.41, 5.74) is -0.424. The summed E-state index contributed by atoms with van der Waals surface area (Å²) in [6, 6.07) is 1.25. The lowest BCUT2D eigenvalue weighted by atomic mass is 10.0. The summed E-state index contributed by atoms with van der Waals surface area (Å²) in [5.74, 6) is 0. The quantitative estimate of drug-likeness (QED) is 0.842. The van der Waals surface area contributed by atoms with Crippen LogP contribution in [-0.2, 0) is 9.47 Å². The number of nitrogens with one attached hydrogen (secondary N) is 1. The van der Waals surface area contributed by atoms with Crippen LogP contribution in [0.15, 0.2) is 0 Å². The van der Waals surface area contributed by atoms with Gasteiger partial charge in [-0.25, -0.2) is 4.79 Å². The maximum absolute atomic E-state index is 12.3. The number of carbonyl (C=O) groups is 1. The van der Waals surface area contributed by atoms with Gasteiger partial charge in [0.1, 0.15) is 5.60 Å². The first-order chi connectivity index (χ1) is 10.8. The zero-order chi connectivity index (χ0) is 17.0. The van der Waals surface area contributed by atoms with Crippen LogP contribution < -0.4 is 5.32 Å². The Morgan fingerprint density at radius 2 is 2.04 bits per heavy atom. The van der Waals surface area contributed by atoms with E-state index in [0.717, 1.165) is 38.6 Å². The highest BCUT2D eigenvalue weighted by atomic mass is 16.6. The number of methoxy groups -OCH3 is 1. The molecule has 0 aromatic rings. The molecule has 1 saturated carbocycles. The number of hydrogen-bond donors (Lipinski definition) is 1. The SMILES string of the molecule is COC1CCC(NC(C)CC2CCCN2C(=O)OC(C)(C)C)C1. The van der Waals surface area contributed by atoms with E-state index >= 15 is 0 Å². The van der Waals surface area contributed by atoms with Gasteiger partial charge in [-0.15, -0.1) is 0 Å². The molecule has 134 valence electrons. The van der Waals surface area contributed by atoms with Crippen LogP contribution in [0.25, 0.3) is 0 Å². The van der Waals surface area contributed by atoms with E-state index in [1.165, 1.54) is 6.42 Å². The first-order valence-corrected chi connectivity index (χ1v) is 9.07. The second-order valence-corrected chi connectivity index (χ2v) is 8.14. The van der Waals surface area contributed by atoms with Gasteiger partial charge in [0.25, 0.3) is 0 Å². The van der Waals surface area contributed by atoms with Crippen molar-refractivity contribution in [2.45, 2.75) is 96.1 Å². The summed E-state index contributed by atoms with van der Waals surface area (Å²) in [4.78, 5) is 14.3. The minimum Gasteiger partial charge on any atom is -0.444 e. The normalized spacial score (nSPS) is 29.8. The first kappa shape index (κ1) is 18.5. The molecule has 1 N–H and O–H groups in total. The van der Waals surface area contributed by atoms with Crippen molar-refractivity contribution in [1.29, 1.82) is 0 Å². The molecule has 2 rings (SSSR count). The fourth-order valence-electron chi connectivity index (χ4n) is 3.83. The van der Waals surface area contributed by atoms with Crippen LogP contribution in [0.1, 0.15) is 66.2 Å². The van der Waals surface area contributed by atoms with Crippen molar-refractivity contribution >= 4 is 6.09 Å². The summed E-state index contributed by atoms with van der Waals surface area (Å²) >= 11 is 0. The van der Waals surface area contributed by atoms with E-state index in [2.05, 4.69) is 12.2 Å². The average molecular weight is 326 g/mol. The summed E-state index contributed by atoms with van der Waals surface area (Å²) in [5, 5.41) is 3.72. The molecule has 1 aliphatic heterocycles. The molecule has 2 fully saturated rings. The fourth-order valence-corrected chi connectivity index (χ4v) is 3.83. The molecule has 0 aromatic carbocycles. The molecule has 0 bridgehead atoms. The molecule has 5 heteroatoms. The predicted octanol–water partition coefficient (Wildman–Crippen LogP) is 3.32. The number of likely N-dealkylation sites (tertiary alicyclic amines) is 1. The van der Waals surface area contributed by atoms with E-state index < -0.39 is 5.60 Å². The highest BCUT2D eigenvalue weighted by molar-refractivity contribution is 5.68. The van der Waals surface area contributed by atoms with Gasteiger partial charge in [0.2, 0.25) is 0 Å². The van der Waals surface area contributed by atoms with Gasteiger partial charge in [0, 0.05) is 31.8 Å². The number of rotatable bonds is 5. The van der Waals surface area contributed by atoms with Gasteiger partial charge in [0.05, 0.1) is 6.10 Å². The van der Waals surface area contributed by atoms with E-state index in [1.807, 2.05) is 25.7 Å². The molecule has 4 atom stereocenters. The van der Waals surface area contributed by atoms with E-state index in [9.17, 15) is 4.79 Å². The lowest BCUT2D eigenvalue weighted by Crippen LogP contribution is -2.44. The maximum Gasteiger partial charge on any atom is 0.410 e. The molecule has 5 nitrogen and oxygen atoms in total. The minimum atomic E-state index is -0.424. The zero-order valence-corrected chi connectivity index (χ0v) is 15.4. The molecule has 1 amide bonds. The molecule has 1 aliphatic carbocycles. The van der Waals surface area contributed by atoms with Gasteiger partial charge in [-0.3, -0.25) is 0 Å². The number of hydrogen-bond acceptors (Lipinski definition) is 4. The van der Waals surface area contributed by atoms with Crippen molar-refractivity contribution in [3.63, 3.8) is 0 Å². The Bertz CT molecular complexity index is 394. The average Bonchev–Trinajstić information content (AvgIpc) is 3.05. The van der Waals surface area contributed by atoms with E-state index in [-0.39, 0.29) is 6.09 Å². The monoisotopic (exact) mass is 326 g/mol. The standard InChI is InChI=1S/C18H34N2O3/c1-13(19-14-8-9-16(12-14)22-5)11-15-7-6-10-20(15)17(21)23-18(2,3)4/h13-16,19H,6-12H2,1-5H3. The fraction of sp³-hybridized carbons (Fsp3) is 0.944. The van der Waals surface area contributed by atoms with Gasteiger partial charge >= 0.3 is 6.09 Å². The van der Waals surface area contributed by atoms with Crippen molar-refractivity contribution in [3.8, 4) is 0 Å². The van der Waals surface area contributed by atoms with Gasteiger partial charge in [-0.05, 0) is 66.2 Å². The van der Waals surface area contributed by atoms with E-state index in [0.29, 0.717) is 24.2 Å². The second kappa shape index (κ2) is 7.84. The Hall–Kier alpha value is -0.810. The molecule has 23 heavy (non-hydrogen) atoms. The van der Waals surface area contributed by atoms with E-state index in [1.54, 1.807) is 7.11 Å². The topological polar surface area (TPSA) is 50.8 Å². The third-order valence-corrected chi connectivity index (χ3v) is 4.87. The van der Waals surface area contributed by atoms with Crippen LogP contribution in [-0.4, -0.2) is 54.5 Å². The highest BCUT2D eigenvalue weighted by Crippen LogP contribution is 2.26. The molecular formula is C18H34N2O3. The Labute approximate surface area is 141 Å². The van der Waals surface area contributed by atoms with Gasteiger partial charge < -0.3 is 19.7 Å². The number of amides is 1. The maximum atomic E-state index is 12.3. The molecule has 2 aliphatic rings. The van der Waals surface area contributed by atoms with Crippen molar-refractivity contribution in [1.82, 2.24) is 10.2 Å². The third-order valence-electron chi connectivity index (χ3n) is 4.87. The molecule has 1 heterocycles. The molecular weight excluding hydrogens is 292 g/mol. The summed E-state index contributed by atoms with van der Waals surface area (Å²) in [6.07, 6.45) is 6.83. The minimum absolute atomic E-state index is 0.160. The first-order valence-electron chi connectivity index (χ1n) is 9.07. The molecule has 0 spiro atoms. The van der Waals surface area contributed by atoms with Gasteiger partial charge in [-0.1, -0.05) is 0 Å². The smallest absolute Gasteiger partial charge is 0.410 e. The predicted molar refractivity (Wildman–Crippen MR) is 91.6 cm³/mol. The van der Waals surface area contributed by atoms with Crippen LogP contribution in [0, 0.1) is 0 Å². The molecule has 0 aromatic heterocycles. The zero-order valence-electron chi connectivity index (χ0n) is 15.4. The number of nitrogens with zero attached hydrogens (tertiary/aromatic N) is 1. The summed E-state index contributed by atoms with van der Waals surface area (Å²) < 4.78 is 11.0. The van der Waals surface area contributed by atoms with Crippen LogP contribution in [0.4, 0.5) is 4.79 Å². The van der Waals surface area contributed by atoms with Crippen LogP contribution in [0.2, 0.25) is 0 Å². The van der Waals surface area contributed by atoms with E-state index in [4.69, 9.17) is 9.47 Å². The Morgan fingerprint density at radius 1 is 1.30 bits per heavy atom.